The minimum absolute atomic E-state index is 0.00162. The lowest BCUT2D eigenvalue weighted by molar-refractivity contribution is -0.130. The third kappa shape index (κ3) is 6.74. The Hall–Kier alpha value is -3.12. The monoisotopic (exact) mass is 421 g/mol. The van der Waals surface area contributed by atoms with E-state index in [1.54, 1.807) is 23.3 Å². The van der Waals surface area contributed by atoms with Gasteiger partial charge in [-0.1, -0.05) is 66.7 Å². The number of rotatable bonds is 9. The highest BCUT2D eigenvalue weighted by molar-refractivity contribution is 7.10. The fraction of sp³-hybridized carbons (Fsp3) is 0.250. The van der Waals surface area contributed by atoms with Gasteiger partial charge in [-0.15, -0.1) is 11.3 Å². The first kappa shape index (κ1) is 21.6. The molecule has 1 unspecified atom stereocenters. The molecule has 0 spiro atoms. The molecule has 1 aromatic heterocycles. The van der Waals surface area contributed by atoms with Gasteiger partial charge in [-0.2, -0.15) is 0 Å². The van der Waals surface area contributed by atoms with Gasteiger partial charge in [0.2, 0.25) is 5.91 Å². The van der Waals surface area contributed by atoms with E-state index in [1.807, 2.05) is 66.0 Å². The summed E-state index contributed by atoms with van der Waals surface area (Å²) in [5.74, 6) is -0.00162. The highest BCUT2D eigenvalue weighted by atomic mass is 32.1. The van der Waals surface area contributed by atoms with Gasteiger partial charge in [0.15, 0.2) is 0 Å². The van der Waals surface area contributed by atoms with Gasteiger partial charge in [0.25, 0.3) is 0 Å². The van der Waals surface area contributed by atoms with Crippen LogP contribution in [0.3, 0.4) is 0 Å². The molecule has 5 nitrogen and oxygen atoms in total. The molecule has 6 heteroatoms. The van der Waals surface area contributed by atoms with Gasteiger partial charge in [0.05, 0.1) is 6.04 Å². The molecule has 0 saturated carbocycles. The lowest BCUT2D eigenvalue weighted by Gasteiger charge is -2.19. The molecule has 1 heterocycles. The molecule has 156 valence electrons. The Morgan fingerprint density at radius 1 is 0.933 bits per heavy atom. The highest BCUT2D eigenvalue weighted by Gasteiger charge is 2.17. The first-order chi connectivity index (χ1) is 14.6. The van der Waals surface area contributed by atoms with E-state index in [2.05, 4.69) is 22.8 Å². The summed E-state index contributed by atoms with van der Waals surface area (Å²) in [7, 11) is 1.78. The summed E-state index contributed by atoms with van der Waals surface area (Å²) in [6.45, 7) is 0.857. The Kier molecular flexibility index (Phi) is 8.03. The second kappa shape index (κ2) is 11.2. The maximum absolute atomic E-state index is 12.4. The molecule has 1 atom stereocenters. The van der Waals surface area contributed by atoms with Crippen LogP contribution in [0.1, 0.15) is 28.5 Å². The van der Waals surface area contributed by atoms with Crippen molar-refractivity contribution in [2.24, 2.45) is 0 Å². The summed E-state index contributed by atoms with van der Waals surface area (Å²) in [6, 6.07) is 23.6. The number of urea groups is 1. The molecule has 0 aliphatic heterocycles. The topological polar surface area (TPSA) is 61.4 Å². The van der Waals surface area contributed by atoms with E-state index < -0.39 is 0 Å². The van der Waals surface area contributed by atoms with Gasteiger partial charge in [0, 0.05) is 31.4 Å². The predicted octanol–water partition coefficient (Wildman–Crippen LogP) is 4.38. The number of hydrogen-bond donors (Lipinski definition) is 2. The maximum Gasteiger partial charge on any atom is 0.315 e. The Morgan fingerprint density at radius 3 is 2.23 bits per heavy atom. The first-order valence-electron chi connectivity index (χ1n) is 10.0. The van der Waals surface area contributed by atoms with E-state index in [9.17, 15) is 9.59 Å². The minimum atomic E-state index is -0.261. The molecule has 30 heavy (non-hydrogen) atoms. The Balaban J connectivity index is 1.46. The third-order valence-electron chi connectivity index (χ3n) is 4.79. The molecule has 0 aliphatic carbocycles. The Labute approximate surface area is 181 Å². The smallest absolute Gasteiger partial charge is 0.315 e. The lowest BCUT2D eigenvalue weighted by Crippen LogP contribution is -2.40. The van der Waals surface area contributed by atoms with Crippen molar-refractivity contribution in [3.8, 4) is 0 Å². The van der Waals surface area contributed by atoms with Crippen molar-refractivity contribution in [1.29, 1.82) is 0 Å². The molecular formula is C24H27N3O2S. The van der Waals surface area contributed by atoms with E-state index in [-0.39, 0.29) is 24.4 Å². The summed E-state index contributed by atoms with van der Waals surface area (Å²) < 4.78 is 0. The molecule has 0 bridgehead atoms. The van der Waals surface area contributed by atoms with Crippen molar-refractivity contribution in [3.05, 3.63) is 94.2 Å². The van der Waals surface area contributed by atoms with Crippen LogP contribution in [-0.2, 0) is 17.8 Å². The van der Waals surface area contributed by atoms with Gasteiger partial charge < -0.3 is 15.5 Å². The highest BCUT2D eigenvalue weighted by Crippen LogP contribution is 2.22. The van der Waals surface area contributed by atoms with E-state index in [4.69, 9.17) is 0 Å². The summed E-state index contributed by atoms with van der Waals surface area (Å²) >= 11 is 1.62. The fourth-order valence-electron chi connectivity index (χ4n) is 3.19. The number of nitrogens with one attached hydrogen (secondary N) is 2. The molecule has 3 aromatic rings. The van der Waals surface area contributed by atoms with E-state index in [0.717, 1.165) is 16.0 Å². The standard InChI is InChI=1S/C24H27N3O2S/c1-27(18-20-11-6-3-7-12-20)23(28)14-15-25-24(29)26-21(22-13-8-16-30-22)17-19-9-4-2-5-10-19/h2-13,16,21H,14-15,17-18H2,1H3,(H2,25,26,29). The molecular weight excluding hydrogens is 394 g/mol. The zero-order valence-electron chi connectivity index (χ0n) is 17.1. The van der Waals surface area contributed by atoms with E-state index >= 15 is 0 Å². The average molecular weight is 422 g/mol. The Morgan fingerprint density at radius 2 is 1.60 bits per heavy atom. The molecule has 2 N–H and O–H groups in total. The zero-order chi connectivity index (χ0) is 21.2. The van der Waals surface area contributed by atoms with Crippen molar-refractivity contribution >= 4 is 23.3 Å². The average Bonchev–Trinajstić information content (AvgIpc) is 3.29. The largest absolute Gasteiger partial charge is 0.341 e. The van der Waals surface area contributed by atoms with Crippen molar-refractivity contribution in [2.75, 3.05) is 13.6 Å². The predicted molar refractivity (Wildman–Crippen MR) is 121 cm³/mol. The quantitative estimate of drug-likeness (QED) is 0.539. The molecule has 0 radical (unpaired) electrons. The molecule has 0 fully saturated rings. The normalized spacial score (nSPS) is 11.5. The van der Waals surface area contributed by atoms with Crippen molar-refractivity contribution < 1.29 is 9.59 Å². The third-order valence-corrected chi connectivity index (χ3v) is 5.77. The van der Waals surface area contributed by atoms with Crippen molar-refractivity contribution in [1.82, 2.24) is 15.5 Å². The van der Waals surface area contributed by atoms with Crippen molar-refractivity contribution in [2.45, 2.75) is 25.4 Å². The lowest BCUT2D eigenvalue weighted by atomic mass is 10.0. The maximum atomic E-state index is 12.4. The number of carbonyl (C=O) groups excluding carboxylic acids is 2. The van der Waals surface area contributed by atoms with Gasteiger partial charge in [0.1, 0.15) is 0 Å². The molecule has 0 aliphatic rings. The van der Waals surface area contributed by atoms with Gasteiger partial charge in [-0.25, -0.2) is 4.79 Å². The van der Waals surface area contributed by atoms with Gasteiger partial charge >= 0.3 is 6.03 Å². The first-order valence-corrected chi connectivity index (χ1v) is 10.9. The summed E-state index contributed by atoms with van der Waals surface area (Å²) in [5.41, 5.74) is 2.24. The van der Waals surface area contributed by atoms with Crippen LogP contribution in [0.15, 0.2) is 78.2 Å². The van der Waals surface area contributed by atoms with Crippen LogP contribution in [0.25, 0.3) is 0 Å². The number of thiophene rings is 1. The summed E-state index contributed by atoms with van der Waals surface area (Å²) in [5, 5.41) is 7.87. The number of carbonyl (C=O) groups is 2. The number of amides is 3. The molecule has 0 saturated heterocycles. The molecule has 3 rings (SSSR count). The van der Waals surface area contributed by atoms with Crippen LogP contribution in [0, 0.1) is 0 Å². The summed E-state index contributed by atoms with van der Waals surface area (Å²) in [6.07, 6.45) is 0.979. The Bertz CT molecular complexity index is 914. The number of benzene rings is 2. The van der Waals surface area contributed by atoms with Crippen LogP contribution >= 0.6 is 11.3 Å². The SMILES string of the molecule is CN(Cc1ccccc1)C(=O)CCNC(=O)NC(Cc1ccccc1)c1cccs1. The van der Waals surface area contributed by atoms with Crippen LogP contribution in [0.2, 0.25) is 0 Å². The fourth-order valence-corrected chi connectivity index (χ4v) is 3.97. The van der Waals surface area contributed by atoms with Crippen LogP contribution in [0.4, 0.5) is 4.79 Å². The molecule has 3 amide bonds. The van der Waals surface area contributed by atoms with Gasteiger partial charge in [-0.05, 0) is 29.0 Å². The van der Waals surface area contributed by atoms with Crippen molar-refractivity contribution in [3.63, 3.8) is 0 Å². The zero-order valence-corrected chi connectivity index (χ0v) is 17.9. The van der Waals surface area contributed by atoms with Crippen LogP contribution in [-0.4, -0.2) is 30.4 Å². The number of hydrogen-bond acceptors (Lipinski definition) is 3. The van der Waals surface area contributed by atoms with Crippen LogP contribution in [0.5, 0.6) is 0 Å². The van der Waals surface area contributed by atoms with Gasteiger partial charge in [-0.3, -0.25) is 4.79 Å². The second-order valence-corrected chi connectivity index (χ2v) is 8.12. The number of nitrogens with zero attached hydrogens (tertiary/aromatic N) is 1. The second-order valence-electron chi connectivity index (χ2n) is 7.14. The molecule has 2 aromatic carbocycles. The summed E-state index contributed by atoms with van der Waals surface area (Å²) in [4.78, 5) is 27.6. The minimum Gasteiger partial charge on any atom is -0.341 e. The van der Waals surface area contributed by atoms with E-state index in [0.29, 0.717) is 19.5 Å². The van der Waals surface area contributed by atoms with Crippen LogP contribution < -0.4 is 10.6 Å². The van der Waals surface area contributed by atoms with E-state index in [1.165, 1.54) is 0 Å².